The van der Waals surface area contributed by atoms with Gasteiger partial charge in [-0.1, -0.05) is 12.1 Å². The van der Waals surface area contributed by atoms with Gasteiger partial charge < -0.3 is 10.6 Å². The van der Waals surface area contributed by atoms with Crippen molar-refractivity contribution in [3.63, 3.8) is 0 Å². The first-order valence-electron chi connectivity index (χ1n) is 6.92. The van der Waals surface area contributed by atoms with Crippen LogP contribution in [0, 0.1) is 0 Å². The third kappa shape index (κ3) is 2.06. The lowest BCUT2D eigenvalue weighted by molar-refractivity contribution is 0.253. The Hall–Kier alpha value is -1.02. The molecule has 0 amide bonds. The average molecular weight is 230 g/mol. The van der Waals surface area contributed by atoms with E-state index in [4.69, 9.17) is 5.73 Å². The predicted molar refractivity (Wildman–Crippen MR) is 72.2 cm³/mol. The Morgan fingerprint density at radius 3 is 2.06 bits per heavy atom. The van der Waals surface area contributed by atoms with Crippen LogP contribution in [0.5, 0.6) is 0 Å². The third-order valence-corrected chi connectivity index (χ3v) is 4.41. The van der Waals surface area contributed by atoms with Gasteiger partial charge in [-0.2, -0.15) is 0 Å². The lowest BCUT2D eigenvalue weighted by Crippen LogP contribution is -2.43. The van der Waals surface area contributed by atoms with Crippen LogP contribution >= 0.6 is 0 Å². The van der Waals surface area contributed by atoms with Crippen LogP contribution in [0.15, 0.2) is 24.3 Å². The molecule has 0 radical (unpaired) electrons. The van der Waals surface area contributed by atoms with Crippen LogP contribution in [0.25, 0.3) is 0 Å². The van der Waals surface area contributed by atoms with Gasteiger partial charge in [-0.05, 0) is 56.2 Å². The minimum absolute atomic E-state index is 0.0135. The van der Waals surface area contributed by atoms with E-state index in [-0.39, 0.29) is 5.54 Å². The van der Waals surface area contributed by atoms with Gasteiger partial charge in [-0.15, -0.1) is 0 Å². The minimum atomic E-state index is -0.0135. The summed E-state index contributed by atoms with van der Waals surface area (Å²) in [6.45, 7) is 2.43. The number of piperidine rings is 1. The molecule has 0 spiro atoms. The van der Waals surface area contributed by atoms with Crippen LogP contribution in [0.2, 0.25) is 0 Å². The molecule has 3 rings (SSSR count). The van der Waals surface area contributed by atoms with Crippen molar-refractivity contribution in [2.24, 2.45) is 5.73 Å². The van der Waals surface area contributed by atoms with Gasteiger partial charge in [0.2, 0.25) is 0 Å². The van der Waals surface area contributed by atoms with E-state index in [2.05, 4.69) is 29.2 Å². The molecule has 1 aromatic rings. The molecule has 2 nitrogen and oxygen atoms in total. The lowest BCUT2D eigenvalue weighted by atomic mass is 9.73. The third-order valence-electron chi connectivity index (χ3n) is 4.41. The highest BCUT2D eigenvalue weighted by molar-refractivity contribution is 5.49. The zero-order chi connectivity index (χ0) is 11.7. The second-order valence-corrected chi connectivity index (χ2v) is 5.60. The van der Waals surface area contributed by atoms with E-state index in [0.717, 1.165) is 12.8 Å². The Morgan fingerprint density at radius 2 is 1.53 bits per heavy atom. The zero-order valence-corrected chi connectivity index (χ0v) is 10.5. The molecule has 0 aromatic heterocycles. The minimum Gasteiger partial charge on any atom is -0.372 e. The van der Waals surface area contributed by atoms with E-state index >= 15 is 0 Å². The van der Waals surface area contributed by atoms with Gasteiger partial charge in [0, 0.05) is 24.3 Å². The fourth-order valence-electron chi connectivity index (χ4n) is 3.00. The summed E-state index contributed by atoms with van der Waals surface area (Å²) in [7, 11) is 0. The Morgan fingerprint density at radius 1 is 0.882 bits per heavy atom. The SMILES string of the molecule is NC1(c2ccc(N3CCCCC3)cc2)CCC1. The van der Waals surface area contributed by atoms with E-state index in [9.17, 15) is 0 Å². The molecule has 1 saturated carbocycles. The molecule has 2 fully saturated rings. The summed E-state index contributed by atoms with van der Waals surface area (Å²) < 4.78 is 0. The summed E-state index contributed by atoms with van der Waals surface area (Å²) in [4.78, 5) is 2.50. The van der Waals surface area contributed by atoms with Crippen molar-refractivity contribution in [3.8, 4) is 0 Å². The van der Waals surface area contributed by atoms with Gasteiger partial charge in [0.05, 0.1) is 0 Å². The fourth-order valence-corrected chi connectivity index (χ4v) is 3.00. The van der Waals surface area contributed by atoms with E-state index in [0.29, 0.717) is 0 Å². The average Bonchev–Trinajstić information content (AvgIpc) is 2.37. The molecule has 1 aliphatic carbocycles. The quantitative estimate of drug-likeness (QED) is 0.846. The summed E-state index contributed by atoms with van der Waals surface area (Å²) in [5, 5.41) is 0. The summed E-state index contributed by atoms with van der Waals surface area (Å²) in [6.07, 6.45) is 7.64. The number of hydrogen-bond donors (Lipinski definition) is 1. The summed E-state index contributed by atoms with van der Waals surface area (Å²) in [6, 6.07) is 8.99. The molecule has 2 aliphatic rings. The molecule has 0 atom stereocenters. The van der Waals surface area contributed by atoms with Crippen molar-refractivity contribution < 1.29 is 0 Å². The number of hydrogen-bond acceptors (Lipinski definition) is 2. The van der Waals surface area contributed by atoms with E-state index in [1.165, 1.54) is 50.0 Å². The summed E-state index contributed by atoms with van der Waals surface area (Å²) in [5.74, 6) is 0. The first kappa shape index (κ1) is 11.1. The standard InChI is InChI=1S/C15H22N2/c16-15(9-4-10-15)13-5-7-14(8-6-13)17-11-2-1-3-12-17/h5-8H,1-4,9-12,16H2. The van der Waals surface area contributed by atoms with Crippen LogP contribution in [0.1, 0.15) is 44.1 Å². The molecule has 1 heterocycles. The van der Waals surface area contributed by atoms with Gasteiger partial charge in [-0.3, -0.25) is 0 Å². The van der Waals surface area contributed by atoms with E-state index in [1.54, 1.807) is 0 Å². The molecule has 2 N–H and O–H groups in total. The van der Waals surface area contributed by atoms with Crippen molar-refractivity contribution in [2.75, 3.05) is 18.0 Å². The molecule has 1 saturated heterocycles. The van der Waals surface area contributed by atoms with Crippen molar-refractivity contribution in [3.05, 3.63) is 29.8 Å². The summed E-state index contributed by atoms with van der Waals surface area (Å²) >= 11 is 0. The maximum atomic E-state index is 6.34. The topological polar surface area (TPSA) is 29.3 Å². The number of anilines is 1. The van der Waals surface area contributed by atoms with Gasteiger partial charge in [0.1, 0.15) is 0 Å². The highest BCUT2D eigenvalue weighted by Crippen LogP contribution is 2.39. The molecule has 0 bridgehead atoms. The Labute approximate surface area is 104 Å². The van der Waals surface area contributed by atoms with Crippen molar-refractivity contribution in [1.29, 1.82) is 0 Å². The molecular weight excluding hydrogens is 208 g/mol. The van der Waals surface area contributed by atoms with Crippen LogP contribution in [0.4, 0.5) is 5.69 Å². The molecule has 2 heteroatoms. The van der Waals surface area contributed by atoms with Gasteiger partial charge in [-0.25, -0.2) is 0 Å². The molecular formula is C15H22N2. The molecule has 17 heavy (non-hydrogen) atoms. The lowest BCUT2D eigenvalue weighted by Gasteiger charge is -2.39. The van der Waals surface area contributed by atoms with Gasteiger partial charge >= 0.3 is 0 Å². The second kappa shape index (κ2) is 4.34. The predicted octanol–water partition coefficient (Wildman–Crippen LogP) is 3.01. The van der Waals surface area contributed by atoms with Crippen molar-refractivity contribution >= 4 is 5.69 Å². The second-order valence-electron chi connectivity index (χ2n) is 5.60. The van der Waals surface area contributed by atoms with E-state index < -0.39 is 0 Å². The molecule has 1 aromatic carbocycles. The normalized spacial score (nSPS) is 23.2. The molecule has 1 aliphatic heterocycles. The summed E-state index contributed by atoms with van der Waals surface area (Å²) in [5.41, 5.74) is 9.02. The first-order valence-corrected chi connectivity index (χ1v) is 6.92. The maximum absolute atomic E-state index is 6.34. The highest BCUT2D eigenvalue weighted by Gasteiger charge is 2.34. The largest absolute Gasteiger partial charge is 0.372 e. The van der Waals surface area contributed by atoms with Crippen LogP contribution in [0.3, 0.4) is 0 Å². The van der Waals surface area contributed by atoms with Gasteiger partial charge in [0.25, 0.3) is 0 Å². The smallest absolute Gasteiger partial charge is 0.0409 e. The number of rotatable bonds is 2. The number of nitrogens with zero attached hydrogens (tertiary/aromatic N) is 1. The monoisotopic (exact) mass is 230 g/mol. The Balaban J connectivity index is 1.75. The maximum Gasteiger partial charge on any atom is 0.0409 e. The van der Waals surface area contributed by atoms with Gasteiger partial charge in [0.15, 0.2) is 0 Å². The van der Waals surface area contributed by atoms with Crippen molar-refractivity contribution in [1.82, 2.24) is 0 Å². The van der Waals surface area contributed by atoms with E-state index in [1.807, 2.05) is 0 Å². The number of nitrogens with two attached hydrogens (primary N) is 1. The zero-order valence-electron chi connectivity index (χ0n) is 10.5. The van der Waals surface area contributed by atoms with Crippen LogP contribution in [-0.4, -0.2) is 13.1 Å². The molecule has 92 valence electrons. The number of benzene rings is 1. The first-order chi connectivity index (χ1) is 8.28. The fraction of sp³-hybridized carbons (Fsp3) is 0.600. The molecule has 0 unspecified atom stereocenters. The van der Waals surface area contributed by atoms with Crippen LogP contribution in [-0.2, 0) is 5.54 Å². The van der Waals surface area contributed by atoms with Crippen molar-refractivity contribution in [2.45, 2.75) is 44.1 Å². The Bertz CT molecular complexity index is 372. The highest BCUT2D eigenvalue weighted by atomic mass is 15.1. The Kier molecular flexibility index (Phi) is 2.83. The van der Waals surface area contributed by atoms with Crippen LogP contribution < -0.4 is 10.6 Å².